The van der Waals surface area contributed by atoms with E-state index in [2.05, 4.69) is 15.5 Å². The Morgan fingerprint density at radius 2 is 2.39 bits per heavy atom. The van der Waals surface area contributed by atoms with E-state index in [4.69, 9.17) is 9.26 Å². The van der Waals surface area contributed by atoms with E-state index < -0.39 is 0 Å². The number of ether oxygens (including phenoxy) is 1. The molecular weight excluding hydrogens is 230 g/mol. The van der Waals surface area contributed by atoms with Crippen LogP contribution in [-0.4, -0.2) is 30.3 Å². The van der Waals surface area contributed by atoms with E-state index in [1.165, 1.54) is 0 Å². The Morgan fingerprint density at radius 3 is 3.17 bits per heavy atom. The standard InChI is InChI=1S/C13H15N3O2/c1-17-11-4-2-3-9(7-11)12-15-13(18-16-12)10-5-6-14-8-10/h2-4,7,10,14H,5-6,8H2,1H3/t10-/m1/s1. The summed E-state index contributed by atoms with van der Waals surface area (Å²) in [5, 5.41) is 7.33. The van der Waals surface area contributed by atoms with E-state index in [0.717, 1.165) is 36.7 Å². The fourth-order valence-corrected chi connectivity index (χ4v) is 2.15. The summed E-state index contributed by atoms with van der Waals surface area (Å²) in [4.78, 5) is 4.46. The van der Waals surface area contributed by atoms with Crippen molar-refractivity contribution in [3.05, 3.63) is 30.2 Å². The smallest absolute Gasteiger partial charge is 0.231 e. The Kier molecular flexibility index (Phi) is 2.98. The highest BCUT2D eigenvalue weighted by molar-refractivity contribution is 5.56. The van der Waals surface area contributed by atoms with Gasteiger partial charge in [0.1, 0.15) is 5.75 Å². The second-order valence-corrected chi connectivity index (χ2v) is 4.38. The van der Waals surface area contributed by atoms with Gasteiger partial charge >= 0.3 is 0 Å². The van der Waals surface area contributed by atoms with Crippen LogP contribution >= 0.6 is 0 Å². The second kappa shape index (κ2) is 4.78. The summed E-state index contributed by atoms with van der Waals surface area (Å²) < 4.78 is 10.5. The maximum absolute atomic E-state index is 5.33. The number of nitrogens with one attached hydrogen (secondary N) is 1. The summed E-state index contributed by atoms with van der Waals surface area (Å²) in [5.74, 6) is 2.48. The van der Waals surface area contributed by atoms with Crippen LogP contribution in [0.2, 0.25) is 0 Å². The van der Waals surface area contributed by atoms with Crippen LogP contribution in [0.15, 0.2) is 28.8 Å². The van der Waals surface area contributed by atoms with Gasteiger partial charge in [0.05, 0.1) is 13.0 Å². The molecule has 0 saturated carbocycles. The van der Waals surface area contributed by atoms with E-state index in [0.29, 0.717) is 11.7 Å². The summed E-state index contributed by atoms with van der Waals surface area (Å²) >= 11 is 0. The van der Waals surface area contributed by atoms with Crippen LogP contribution in [0, 0.1) is 0 Å². The molecule has 0 bridgehead atoms. The summed E-state index contributed by atoms with van der Waals surface area (Å²) in [6, 6.07) is 7.66. The average molecular weight is 245 g/mol. The van der Waals surface area contributed by atoms with Gasteiger partial charge in [0.25, 0.3) is 0 Å². The molecule has 1 aromatic heterocycles. The zero-order valence-electron chi connectivity index (χ0n) is 10.2. The summed E-state index contributed by atoms with van der Waals surface area (Å²) in [5.41, 5.74) is 0.912. The molecule has 1 aliphatic rings. The molecular formula is C13H15N3O2. The first-order chi connectivity index (χ1) is 8.86. The van der Waals surface area contributed by atoms with Crippen LogP contribution < -0.4 is 10.1 Å². The van der Waals surface area contributed by atoms with Crippen molar-refractivity contribution in [1.29, 1.82) is 0 Å². The van der Waals surface area contributed by atoms with Crippen LogP contribution in [0.25, 0.3) is 11.4 Å². The zero-order chi connectivity index (χ0) is 12.4. The maximum Gasteiger partial charge on any atom is 0.231 e. The summed E-state index contributed by atoms with van der Waals surface area (Å²) in [6.07, 6.45) is 1.06. The molecule has 0 aliphatic carbocycles. The monoisotopic (exact) mass is 245 g/mol. The highest BCUT2D eigenvalue weighted by atomic mass is 16.5. The van der Waals surface area contributed by atoms with Gasteiger partial charge in [-0.2, -0.15) is 4.98 Å². The molecule has 1 saturated heterocycles. The molecule has 1 fully saturated rings. The highest BCUT2D eigenvalue weighted by Crippen LogP contribution is 2.25. The second-order valence-electron chi connectivity index (χ2n) is 4.38. The summed E-state index contributed by atoms with van der Waals surface area (Å²) in [6.45, 7) is 1.93. The number of hydrogen-bond donors (Lipinski definition) is 1. The highest BCUT2D eigenvalue weighted by Gasteiger charge is 2.23. The van der Waals surface area contributed by atoms with Crippen molar-refractivity contribution in [1.82, 2.24) is 15.5 Å². The lowest BCUT2D eigenvalue weighted by Gasteiger charge is -2.00. The van der Waals surface area contributed by atoms with Crippen molar-refractivity contribution in [3.63, 3.8) is 0 Å². The molecule has 2 heterocycles. The van der Waals surface area contributed by atoms with E-state index in [1.54, 1.807) is 7.11 Å². The largest absolute Gasteiger partial charge is 0.497 e. The Balaban J connectivity index is 1.87. The van der Waals surface area contributed by atoms with Gasteiger partial charge in [-0.25, -0.2) is 0 Å². The lowest BCUT2D eigenvalue weighted by atomic mass is 10.1. The van der Waals surface area contributed by atoms with E-state index >= 15 is 0 Å². The zero-order valence-corrected chi connectivity index (χ0v) is 10.2. The van der Waals surface area contributed by atoms with Crippen LogP contribution in [0.3, 0.4) is 0 Å². The topological polar surface area (TPSA) is 60.2 Å². The van der Waals surface area contributed by atoms with Gasteiger partial charge in [-0.15, -0.1) is 0 Å². The number of nitrogens with zero attached hydrogens (tertiary/aromatic N) is 2. The minimum absolute atomic E-state index is 0.344. The van der Waals surface area contributed by atoms with Gasteiger partial charge in [-0.1, -0.05) is 17.3 Å². The number of methoxy groups -OCH3 is 1. The molecule has 94 valence electrons. The van der Waals surface area contributed by atoms with Crippen molar-refractivity contribution in [2.24, 2.45) is 0 Å². The van der Waals surface area contributed by atoms with Crippen LogP contribution in [0.5, 0.6) is 5.75 Å². The number of rotatable bonds is 3. The fraction of sp³-hybridized carbons (Fsp3) is 0.385. The Labute approximate surface area is 105 Å². The SMILES string of the molecule is COc1cccc(-c2noc([C@@H]3CCNC3)n2)c1. The summed E-state index contributed by atoms with van der Waals surface area (Å²) in [7, 11) is 1.64. The third-order valence-corrected chi connectivity index (χ3v) is 3.18. The van der Waals surface area contributed by atoms with Gasteiger partial charge in [0, 0.05) is 12.1 Å². The third kappa shape index (κ3) is 2.09. The Bertz CT molecular complexity index is 533. The molecule has 18 heavy (non-hydrogen) atoms. The van der Waals surface area contributed by atoms with Gasteiger partial charge in [-0.05, 0) is 25.1 Å². The molecule has 5 nitrogen and oxygen atoms in total. The lowest BCUT2D eigenvalue weighted by Crippen LogP contribution is -2.08. The van der Waals surface area contributed by atoms with Crippen molar-refractivity contribution >= 4 is 0 Å². The minimum Gasteiger partial charge on any atom is -0.497 e. The molecule has 0 spiro atoms. The molecule has 1 aliphatic heterocycles. The van der Waals surface area contributed by atoms with E-state index in [9.17, 15) is 0 Å². The molecule has 5 heteroatoms. The van der Waals surface area contributed by atoms with Crippen molar-refractivity contribution in [2.45, 2.75) is 12.3 Å². The van der Waals surface area contributed by atoms with Gasteiger partial charge in [0.15, 0.2) is 0 Å². The molecule has 0 amide bonds. The number of benzene rings is 1. The number of hydrogen-bond acceptors (Lipinski definition) is 5. The van der Waals surface area contributed by atoms with Gasteiger partial charge in [-0.3, -0.25) is 0 Å². The first kappa shape index (κ1) is 11.2. The van der Waals surface area contributed by atoms with Crippen molar-refractivity contribution in [3.8, 4) is 17.1 Å². The van der Waals surface area contributed by atoms with Crippen molar-refractivity contribution < 1.29 is 9.26 Å². The average Bonchev–Trinajstić information content (AvgIpc) is 3.09. The van der Waals surface area contributed by atoms with Crippen LogP contribution in [-0.2, 0) is 0 Å². The fourth-order valence-electron chi connectivity index (χ4n) is 2.15. The Morgan fingerprint density at radius 1 is 1.44 bits per heavy atom. The molecule has 0 radical (unpaired) electrons. The molecule has 1 N–H and O–H groups in total. The van der Waals surface area contributed by atoms with Gasteiger partial charge in [0.2, 0.25) is 11.7 Å². The molecule has 2 aromatic rings. The van der Waals surface area contributed by atoms with E-state index in [1.807, 2.05) is 24.3 Å². The first-order valence-corrected chi connectivity index (χ1v) is 6.05. The maximum atomic E-state index is 5.33. The molecule has 1 aromatic carbocycles. The lowest BCUT2D eigenvalue weighted by molar-refractivity contribution is 0.359. The molecule has 1 atom stereocenters. The molecule has 0 unspecified atom stereocenters. The number of aromatic nitrogens is 2. The van der Waals surface area contributed by atoms with Crippen LogP contribution in [0.1, 0.15) is 18.2 Å². The normalized spacial score (nSPS) is 19.1. The molecule has 3 rings (SSSR count). The van der Waals surface area contributed by atoms with Crippen LogP contribution in [0.4, 0.5) is 0 Å². The minimum atomic E-state index is 0.344. The Hall–Kier alpha value is -1.88. The van der Waals surface area contributed by atoms with Gasteiger partial charge < -0.3 is 14.6 Å². The predicted molar refractivity (Wildman–Crippen MR) is 66.5 cm³/mol. The quantitative estimate of drug-likeness (QED) is 0.893. The van der Waals surface area contributed by atoms with E-state index in [-0.39, 0.29) is 0 Å². The van der Waals surface area contributed by atoms with Crippen molar-refractivity contribution in [2.75, 3.05) is 20.2 Å². The predicted octanol–water partition coefficient (Wildman–Crippen LogP) is 1.82. The first-order valence-electron chi connectivity index (χ1n) is 6.05. The third-order valence-electron chi connectivity index (χ3n) is 3.18.